The van der Waals surface area contributed by atoms with Gasteiger partial charge in [0.15, 0.2) is 0 Å². The topological polar surface area (TPSA) is 38.9 Å². The summed E-state index contributed by atoms with van der Waals surface area (Å²) < 4.78 is 0. The third kappa shape index (κ3) is 1.65. The number of aromatic nitrogens is 1. The minimum absolute atomic E-state index is 0.215. The Bertz CT molecular complexity index is 340. The molecule has 1 fully saturated rings. The molecule has 2 nitrogen and oxygen atoms in total. The lowest BCUT2D eigenvalue weighted by Crippen LogP contribution is -2.20. The van der Waals surface area contributed by atoms with E-state index in [1.165, 1.54) is 18.4 Å². The van der Waals surface area contributed by atoms with E-state index in [-0.39, 0.29) is 5.41 Å². The SMILES string of the molecule is CC1(c2cccnc2N)CCC(Br)C1. The summed E-state index contributed by atoms with van der Waals surface area (Å²) in [6.07, 6.45) is 5.33. The Hall–Kier alpha value is -0.570. The number of hydrogen-bond donors (Lipinski definition) is 1. The highest BCUT2D eigenvalue weighted by molar-refractivity contribution is 9.09. The third-order valence-corrected chi connectivity index (χ3v) is 3.95. The van der Waals surface area contributed by atoms with Gasteiger partial charge in [-0.3, -0.25) is 0 Å². The highest BCUT2D eigenvalue weighted by atomic mass is 79.9. The molecule has 0 saturated heterocycles. The van der Waals surface area contributed by atoms with Crippen LogP contribution in [0, 0.1) is 0 Å². The average Bonchev–Trinajstić information content (AvgIpc) is 2.48. The van der Waals surface area contributed by atoms with Crippen molar-refractivity contribution in [1.29, 1.82) is 0 Å². The molecule has 1 aromatic rings. The molecule has 1 saturated carbocycles. The quantitative estimate of drug-likeness (QED) is 0.783. The summed E-state index contributed by atoms with van der Waals surface area (Å²) in [5.74, 6) is 0.691. The van der Waals surface area contributed by atoms with Gasteiger partial charge in [-0.25, -0.2) is 4.98 Å². The van der Waals surface area contributed by atoms with Crippen molar-refractivity contribution in [3.8, 4) is 0 Å². The predicted molar refractivity (Wildman–Crippen MR) is 62.6 cm³/mol. The molecule has 1 aromatic heterocycles. The molecule has 2 N–H and O–H groups in total. The minimum Gasteiger partial charge on any atom is -0.383 e. The van der Waals surface area contributed by atoms with Gasteiger partial charge in [0, 0.05) is 16.6 Å². The molecule has 0 bridgehead atoms. The number of alkyl halides is 1. The first-order chi connectivity index (χ1) is 6.62. The zero-order valence-corrected chi connectivity index (χ0v) is 9.92. The summed E-state index contributed by atoms with van der Waals surface area (Å²) in [6, 6.07) is 4.08. The number of nitrogens with zero attached hydrogens (tertiary/aromatic N) is 1. The predicted octanol–water partition coefficient (Wildman–Crippen LogP) is 2.87. The Kier molecular flexibility index (Phi) is 2.52. The molecule has 0 aromatic carbocycles. The molecular formula is C11H15BrN2. The number of nitrogen functional groups attached to an aromatic ring is 1. The van der Waals surface area contributed by atoms with Gasteiger partial charge in [0.05, 0.1) is 0 Å². The monoisotopic (exact) mass is 254 g/mol. The van der Waals surface area contributed by atoms with Crippen LogP contribution in [0.15, 0.2) is 18.3 Å². The first kappa shape index (κ1) is 9.97. The van der Waals surface area contributed by atoms with E-state index in [1.54, 1.807) is 6.20 Å². The number of rotatable bonds is 1. The van der Waals surface area contributed by atoms with Gasteiger partial charge in [-0.1, -0.05) is 28.9 Å². The van der Waals surface area contributed by atoms with Gasteiger partial charge in [0.2, 0.25) is 0 Å². The summed E-state index contributed by atoms with van der Waals surface area (Å²) in [4.78, 5) is 4.79. The molecule has 2 rings (SSSR count). The highest BCUT2D eigenvalue weighted by Gasteiger charge is 2.36. The van der Waals surface area contributed by atoms with Crippen LogP contribution in [0.2, 0.25) is 0 Å². The molecule has 76 valence electrons. The van der Waals surface area contributed by atoms with Crippen LogP contribution in [0.1, 0.15) is 31.7 Å². The maximum atomic E-state index is 5.90. The first-order valence-corrected chi connectivity index (χ1v) is 5.88. The van der Waals surface area contributed by atoms with Crippen LogP contribution >= 0.6 is 15.9 Å². The van der Waals surface area contributed by atoms with Gasteiger partial charge in [-0.2, -0.15) is 0 Å². The molecule has 3 heteroatoms. The Morgan fingerprint density at radius 1 is 1.64 bits per heavy atom. The van der Waals surface area contributed by atoms with Crippen molar-refractivity contribution in [1.82, 2.24) is 4.98 Å². The summed E-state index contributed by atoms with van der Waals surface area (Å²) in [5.41, 5.74) is 7.33. The van der Waals surface area contributed by atoms with Crippen molar-refractivity contribution in [2.24, 2.45) is 0 Å². The van der Waals surface area contributed by atoms with E-state index >= 15 is 0 Å². The molecule has 2 unspecified atom stereocenters. The molecule has 0 radical (unpaired) electrons. The van der Waals surface area contributed by atoms with Crippen LogP contribution in [0.5, 0.6) is 0 Å². The smallest absolute Gasteiger partial charge is 0.127 e. The van der Waals surface area contributed by atoms with E-state index in [9.17, 15) is 0 Å². The number of pyridine rings is 1. The molecule has 0 spiro atoms. The van der Waals surface area contributed by atoms with Gasteiger partial charge >= 0.3 is 0 Å². The Morgan fingerprint density at radius 3 is 3.00 bits per heavy atom. The minimum atomic E-state index is 0.215. The molecule has 1 heterocycles. The lowest BCUT2D eigenvalue weighted by molar-refractivity contribution is 0.493. The Balaban J connectivity index is 2.35. The third-order valence-electron chi connectivity index (χ3n) is 3.17. The number of halogens is 1. The zero-order valence-electron chi connectivity index (χ0n) is 8.33. The zero-order chi connectivity index (χ0) is 10.2. The van der Waals surface area contributed by atoms with Crippen LogP contribution < -0.4 is 5.73 Å². The fourth-order valence-electron chi connectivity index (χ4n) is 2.34. The largest absolute Gasteiger partial charge is 0.383 e. The van der Waals surface area contributed by atoms with Gasteiger partial charge in [-0.15, -0.1) is 0 Å². The van der Waals surface area contributed by atoms with Crippen LogP contribution in [0.4, 0.5) is 5.82 Å². The molecule has 1 aliphatic rings. The van der Waals surface area contributed by atoms with Crippen molar-refractivity contribution in [2.45, 2.75) is 36.4 Å². The second-order valence-electron chi connectivity index (χ2n) is 4.34. The number of anilines is 1. The molecular weight excluding hydrogens is 240 g/mol. The van der Waals surface area contributed by atoms with Gasteiger partial charge in [0.1, 0.15) is 5.82 Å². The van der Waals surface area contributed by atoms with E-state index in [2.05, 4.69) is 33.9 Å². The molecule has 0 aliphatic heterocycles. The van der Waals surface area contributed by atoms with Crippen molar-refractivity contribution < 1.29 is 0 Å². The Labute approximate surface area is 93.0 Å². The van der Waals surface area contributed by atoms with E-state index in [4.69, 9.17) is 5.73 Å². The van der Waals surface area contributed by atoms with E-state index in [0.29, 0.717) is 10.6 Å². The maximum Gasteiger partial charge on any atom is 0.127 e. The highest BCUT2D eigenvalue weighted by Crippen LogP contribution is 2.44. The standard InChI is InChI=1S/C11H15BrN2/c1-11(5-4-8(12)7-11)9-3-2-6-14-10(9)13/h2-3,6,8H,4-5,7H2,1H3,(H2,13,14). The van der Waals surface area contributed by atoms with Crippen LogP contribution in [0.25, 0.3) is 0 Å². The van der Waals surface area contributed by atoms with Crippen LogP contribution in [-0.2, 0) is 5.41 Å². The van der Waals surface area contributed by atoms with Crippen LogP contribution in [0.3, 0.4) is 0 Å². The van der Waals surface area contributed by atoms with Crippen molar-refractivity contribution in [2.75, 3.05) is 5.73 Å². The molecule has 2 atom stereocenters. The van der Waals surface area contributed by atoms with E-state index in [0.717, 1.165) is 6.42 Å². The van der Waals surface area contributed by atoms with Gasteiger partial charge in [-0.05, 0) is 30.7 Å². The fraction of sp³-hybridized carbons (Fsp3) is 0.545. The van der Waals surface area contributed by atoms with Gasteiger partial charge in [0.25, 0.3) is 0 Å². The normalized spacial score (nSPS) is 32.0. The maximum absolute atomic E-state index is 5.90. The van der Waals surface area contributed by atoms with Crippen molar-refractivity contribution in [3.63, 3.8) is 0 Å². The summed E-state index contributed by atoms with van der Waals surface area (Å²) >= 11 is 3.67. The average molecular weight is 255 g/mol. The Morgan fingerprint density at radius 2 is 2.43 bits per heavy atom. The fourth-order valence-corrected chi connectivity index (χ4v) is 3.28. The lowest BCUT2D eigenvalue weighted by atomic mass is 9.81. The van der Waals surface area contributed by atoms with Crippen molar-refractivity contribution in [3.05, 3.63) is 23.9 Å². The molecule has 1 aliphatic carbocycles. The van der Waals surface area contributed by atoms with Crippen molar-refractivity contribution >= 4 is 21.7 Å². The first-order valence-electron chi connectivity index (χ1n) is 4.97. The second-order valence-corrected chi connectivity index (χ2v) is 5.63. The molecule has 14 heavy (non-hydrogen) atoms. The number of nitrogens with two attached hydrogens (primary N) is 1. The summed E-state index contributed by atoms with van der Waals surface area (Å²) in [6.45, 7) is 2.28. The van der Waals surface area contributed by atoms with Gasteiger partial charge < -0.3 is 5.73 Å². The van der Waals surface area contributed by atoms with Crippen LogP contribution in [-0.4, -0.2) is 9.81 Å². The molecule has 0 amide bonds. The second kappa shape index (κ2) is 3.54. The summed E-state index contributed by atoms with van der Waals surface area (Å²) in [5, 5.41) is 0. The summed E-state index contributed by atoms with van der Waals surface area (Å²) in [7, 11) is 0. The number of hydrogen-bond acceptors (Lipinski definition) is 2. The van der Waals surface area contributed by atoms with E-state index < -0.39 is 0 Å². The van der Waals surface area contributed by atoms with E-state index in [1.807, 2.05) is 6.07 Å². The lowest BCUT2D eigenvalue weighted by Gasteiger charge is -2.25.